The van der Waals surface area contributed by atoms with Gasteiger partial charge in [-0.3, -0.25) is 0 Å². The average Bonchev–Trinajstić information content (AvgIpc) is 2.85. The number of aryl methyl sites for hydroxylation is 1. The number of hydrogen-bond acceptors (Lipinski definition) is 2. The lowest BCUT2D eigenvalue weighted by Crippen LogP contribution is -2.04. The number of nitrogens with one attached hydrogen (secondary N) is 1. The van der Waals surface area contributed by atoms with Crippen LogP contribution in [0.4, 0.5) is 0 Å². The maximum absolute atomic E-state index is 5.88. The molecule has 0 saturated heterocycles. The summed E-state index contributed by atoms with van der Waals surface area (Å²) in [4.78, 5) is 3.52. The van der Waals surface area contributed by atoms with Gasteiger partial charge in [0.2, 0.25) is 0 Å². The maximum atomic E-state index is 5.88. The van der Waals surface area contributed by atoms with Crippen LogP contribution < -0.4 is 9.47 Å². The summed E-state index contributed by atoms with van der Waals surface area (Å²) in [5.74, 6) is 1.75. The Bertz CT molecular complexity index is 817. The number of rotatable bonds is 1. The van der Waals surface area contributed by atoms with Crippen LogP contribution in [0.15, 0.2) is 36.4 Å². The maximum Gasteiger partial charge on any atom is 0.129 e. The third-order valence-corrected chi connectivity index (χ3v) is 3.89. The summed E-state index contributed by atoms with van der Waals surface area (Å²) in [6.45, 7) is 2.72. The zero-order valence-corrected chi connectivity index (χ0v) is 11.5. The molecule has 0 spiro atoms. The number of aromatic nitrogens is 1. The molecule has 1 aromatic heterocycles. The van der Waals surface area contributed by atoms with E-state index in [4.69, 9.17) is 9.47 Å². The van der Waals surface area contributed by atoms with Crippen LogP contribution in [0, 0.1) is 6.92 Å². The van der Waals surface area contributed by atoms with Gasteiger partial charge in [-0.15, -0.1) is 0 Å². The van der Waals surface area contributed by atoms with E-state index in [-0.39, 0.29) is 0 Å². The number of benzene rings is 2. The molecule has 3 heteroatoms. The van der Waals surface area contributed by atoms with Gasteiger partial charge in [-0.25, -0.2) is 0 Å². The topological polar surface area (TPSA) is 34.2 Å². The smallest absolute Gasteiger partial charge is 0.129 e. The second kappa shape index (κ2) is 4.04. The van der Waals surface area contributed by atoms with Crippen molar-refractivity contribution in [3.63, 3.8) is 0 Å². The normalized spacial score (nSPS) is 12.7. The minimum atomic E-state index is 0.609. The van der Waals surface area contributed by atoms with Gasteiger partial charge in [0.25, 0.3) is 0 Å². The molecule has 0 amide bonds. The third-order valence-electron chi connectivity index (χ3n) is 3.89. The fourth-order valence-electron chi connectivity index (χ4n) is 2.85. The minimum absolute atomic E-state index is 0.609. The molecule has 0 aliphatic carbocycles. The first-order valence-electron chi connectivity index (χ1n) is 6.68. The summed E-state index contributed by atoms with van der Waals surface area (Å²) in [6, 6.07) is 12.4. The Morgan fingerprint density at radius 2 is 2.05 bits per heavy atom. The summed E-state index contributed by atoms with van der Waals surface area (Å²) in [7, 11) is 1.68. The Labute approximate surface area is 117 Å². The van der Waals surface area contributed by atoms with E-state index in [1.165, 1.54) is 16.5 Å². The Balaban J connectivity index is 2.01. The van der Waals surface area contributed by atoms with Gasteiger partial charge in [0.15, 0.2) is 0 Å². The molecule has 0 saturated carbocycles. The number of hydrogen-bond donors (Lipinski definition) is 1. The van der Waals surface area contributed by atoms with Crippen LogP contribution >= 0.6 is 0 Å². The summed E-state index contributed by atoms with van der Waals surface area (Å²) < 4.78 is 11.2. The highest BCUT2D eigenvalue weighted by Gasteiger charge is 2.22. The van der Waals surface area contributed by atoms with Gasteiger partial charge in [0.05, 0.1) is 12.8 Å². The van der Waals surface area contributed by atoms with Crippen molar-refractivity contribution in [2.24, 2.45) is 0 Å². The standard InChI is InChI=1S/C17H15NO2/c1-10-3-5-15-12(7-10)14-9-20-16-6-4-11(19-2)8-13(16)17(14)18-15/h3-8,18H,9H2,1-2H3. The van der Waals surface area contributed by atoms with Gasteiger partial charge in [0.1, 0.15) is 18.1 Å². The second-order valence-corrected chi connectivity index (χ2v) is 5.18. The fraction of sp³-hybridized carbons (Fsp3) is 0.176. The van der Waals surface area contributed by atoms with Crippen LogP contribution in [0.2, 0.25) is 0 Å². The highest BCUT2D eigenvalue weighted by Crippen LogP contribution is 2.42. The molecule has 100 valence electrons. The molecule has 0 atom stereocenters. The minimum Gasteiger partial charge on any atom is -0.497 e. The lowest BCUT2D eigenvalue weighted by atomic mass is 10.0. The first-order valence-corrected chi connectivity index (χ1v) is 6.68. The Kier molecular flexibility index (Phi) is 2.30. The number of methoxy groups -OCH3 is 1. The van der Waals surface area contributed by atoms with E-state index in [0.29, 0.717) is 6.61 Å². The number of ether oxygens (including phenoxy) is 2. The van der Waals surface area contributed by atoms with Gasteiger partial charge in [-0.1, -0.05) is 11.6 Å². The van der Waals surface area contributed by atoms with Crippen molar-refractivity contribution in [2.45, 2.75) is 13.5 Å². The van der Waals surface area contributed by atoms with E-state index in [2.05, 4.69) is 30.1 Å². The van der Waals surface area contributed by atoms with Crippen LogP contribution in [-0.4, -0.2) is 12.1 Å². The van der Waals surface area contributed by atoms with Crippen molar-refractivity contribution in [3.8, 4) is 22.8 Å². The molecule has 3 aromatic rings. The van der Waals surface area contributed by atoms with E-state index < -0.39 is 0 Å². The van der Waals surface area contributed by atoms with Gasteiger partial charge in [0, 0.05) is 22.0 Å². The monoisotopic (exact) mass is 265 g/mol. The van der Waals surface area contributed by atoms with E-state index in [0.717, 1.165) is 28.3 Å². The predicted octanol–water partition coefficient (Wildman–Crippen LogP) is 4.04. The summed E-state index contributed by atoms with van der Waals surface area (Å²) >= 11 is 0. The van der Waals surface area contributed by atoms with E-state index in [1.807, 2.05) is 18.2 Å². The van der Waals surface area contributed by atoms with Crippen molar-refractivity contribution in [3.05, 3.63) is 47.5 Å². The van der Waals surface area contributed by atoms with Crippen molar-refractivity contribution >= 4 is 10.9 Å². The molecule has 0 bridgehead atoms. The zero-order valence-electron chi connectivity index (χ0n) is 11.5. The molecule has 2 aromatic carbocycles. The highest BCUT2D eigenvalue weighted by molar-refractivity contribution is 5.93. The molecule has 0 unspecified atom stereocenters. The van der Waals surface area contributed by atoms with Gasteiger partial charge in [-0.05, 0) is 37.3 Å². The molecule has 1 aliphatic rings. The molecule has 2 heterocycles. The molecule has 3 nitrogen and oxygen atoms in total. The second-order valence-electron chi connectivity index (χ2n) is 5.18. The molecule has 0 fully saturated rings. The van der Waals surface area contributed by atoms with Gasteiger partial charge < -0.3 is 14.5 Å². The Morgan fingerprint density at radius 1 is 1.15 bits per heavy atom. The Hall–Kier alpha value is -2.42. The fourth-order valence-corrected chi connectivity index (χ4v) is 2.85. The lowest BCUT2D eigenvalue weighted by molar-refractivity contribution is 0.303. The number of H-pyrrole nitrogens is 1. The van der Waals surface area contributed by atoms with Crippen LogP contribution in [0.3, 0.4) is 0 Å². The molecule has 1 N–H and O–H groups in total. The van der Waals surface area contributed by atoms with Gasteiger partial charge in [-0.2, -0.15) is 0 Å². The van der Waals surface area contributed by atoms with Crippen LogP contribution in [0.1, 0.15) is 11.1 Å². The van der Waals surface area contributed by atoms with Crippen molar-refractivity contribution in [1.29, 1.82) is 0 Å². The SMILES string of the molecule is COc1ccc2c(c1)-c1[nH]c3ccc(C)cc3c1CO2. The molecule has 1 aliphatic heterocycles. The van der Waals surface area contributed by atoms with Crippen LogP contribution in [-0.2, 0) is 6.61 Å². The van der Waals surface area contributed by atoms with E-state index >= 15 is 0 Å². The predicted molar refractivity (Wildman–Crippen MR) is 79.4 cm³/mol. The number of aromatic amines is 1. The summed E-state index contributed by atoms with van der Waals surface area (Å²) in [5.41, 5.74) is 5.85. The first kappa shape index (κ1) is 11.4. The van der Waals surface area contributed by atoms with Gasteiger partial charge >= 0.3 is 0 Å². The quantitative estimate of drug-likeness (QED) is 0.720. The van der Waals surface area contributed by atoms with E-state index in [9.17, 15) is 0 Å². The van der Waals surface area contributed by atoms with Crippen molar-refractivity contribution in [1.82, 2.24) is 4.98 Å². The zero-order chi connectivity index (χ0) is 13.7. The molecule has 4 rings (SSSR count). The van der Waals surface area contributed by atoms with Crippen molar-refractivity contribution < 1.29 is 9.47 Å². The molecular formula is C17H15NO2. The molecule has 0 radical (unpaired) electrons. The summed E-state index contributed by atoms with van der Waals surface area (Å²) in [5, 5.41) is 1.24. The van der Waals surface area contributed by atoms with Crippen molar-refractivity contribution in [2.75, 3.05) is 7.11 Å². The van der Waals surface area contributed by atoms with Crippen LogP contribution in [0.5, 0.6) is 11.5 Å². The molecule has 20 heavy (non-hydrogen) atoms. The van der Waals surface area contributed by atoms with Crippen LogP contribution in [0.25, 0.3) is 22.2 Å². The summed E-state index contributed by atoms with van der Waals surface area (Å²) in [6.07, 6.45) is 0. The first-order chi connectivity index (χ1) is 9.76. The Morgan fingerprint density at radius 3 is 2.90 bits per heavy atom. The van der Waals surface area contributed by atoms with E-state index in [1.54, 1.807) is 7.11 Å². The number of fused-ring (bicyclic) bond motifs is 5. The third kappa shape index (κ3) is 1.53. The largest absolute Gasteiger partial charge is 0.497 e. The average molecular weight is 265 g/mol. The lowest BCUT2D eigenvalue weighted by Gasteiger charge is -2.18. The highest BCUT2D eigenvalue weighted by atomic mass is 16.5. The molecular weight excluding hydrogens is 250 g/mol.